The van der Waals surface area contributed by atoms with Crippen molar-refractivity contribution in [1.29, 1.82) is 0 Å². The van der Waals surface area contributed by atoms with Crippen LogP contribution in [0.4, 0.5) is 35.1 Å². The molecule has 0 saturated heterocycles. The van der Waals surface area contributed by atoms with Gasteiger partial charge in [0.2, 0.25) is 20.0 Å². The molecule has 40 heavy (non-hydrogen) atoms. The molecule has 0 amide bonds. The van der Waals surface area contributed by atoms with E-state index in [1.54, 1.807) is 32.4 Å². The Morgan fingerprint density at radius 1 is 0.625 bits per heavy atom. The van der Waals surface area contributed by atoms with Crippen LogP contribution in [0.15, 0.2) is 0 Å². The normalized spacial score (nSPS) is 13.8. The fourth-order valence-corrected chi connectivity index (χ4v) is 3.76. The van der Waals surface area contributed by atoms with Gasteiger partial charge in [-0.25, -0.2) is 25.6 Å². The third kappa shape index (κ3) is 19.3. The standard InChI is InChI=1S/C11H18F5NO4S.C9H16F3NO4S/c1-4-9(2,3)8(18)21-7-17-22(19,20)6-10(12,13)5-11(14,15)16;1-4-8(2,3)7(14)17-6-13-18(15,16)5-9(10,11)12/h17H,4-7H2,1-3H3;13H,4-6H2,1-3H3. The van der Waals surface area contributed by atoms with Crippen LogP contribution >= 0.6 is 0 Å². The van der Waals surface area contributed by atoms with E-state index in [2.05, 4.69) is 9.47 Å². The molecule has 0 atom stereocenters. The zero-order chi connectivity index (χ0) is 32.4. The molecule has 0 unspecified atom stereocenters. The third-order valence-electron chi connectivity index (χ3n) is 5.05. The minimum Gasteiger partial charge on any atom is -0.448 e. The summed E-state index contributed by atoms with van der Waals surface area (Å²) in [6.45, 7) is 7.91. The lowest BCUT2D eigenvalue weighted by atomic mass is 9.91. The monoisotopic (exact) mass is 646 g/mol. The molecule has 0 spiro atoms. The molecule has 0 aromatic carbocycles. The summed E-state index contributed by atoms with van der Waals surface area (Å²) >= 11 is 0. The molecule has 0 aliphatic rings. The molecule has 240 valence electrons. The second kappa shape index (κ2) is 14.9. The molecule has 0 saturated carbocycles. The van der Waals surface area contributed by atoms with Gasteiger partial charge in [0.1, 0.15) is 12.2 Å². The van der Waals surface area contributed by atoms with Crippen molar-refractivity contribution in [3.05, 3.63) is 0 Å². The molecule has 0 aromatic heterocycles. The van der Waals surface area contributed by atoms with Crippen molar-refractivity contribution < 1.29 is 71.0 Å². The predicted molar refractivity (Wildman–Crippen MR) is 126 cm³/mol. The second-order valence-corrected chi connectivity index (χ2v) is 13.3. The highest BCUT2D eigenvalue weighted by Gasteiger charge is 2.46. The van der Waals surface area contributed by atoms with Crippen LogP contribution in [0.1, 0.15) is 60.8 Å². The summed E-state index contributed by atoms with van der Waals surface area (Å²) in [4.78, 5) is 22.9. The Labute approximate surface area is 227 Å². The minimum atomic E-state index is -5.20. The number of sulfonamides is 2. The Morgan fingerprint density at radius 2 is 0.950 bits per heavy atom. The van der Waals surface area contributed by atoms with Crippen molar-refractivity contribution in [1.82, 2.24) is 9.44 Å². The summed E-state index contributed by atoms with van der Waals surface area (Å²) in [5, 5.41) is 0. The summed E-state index contributed by atoms with van der Waals surface area (Å²) in [5.41, 5.74) is -1.71. The molecule has 0 bridgehead atoms. The van der Waals surface area contributed by atoms with Gasteiger partial charge in [0, 0.05) is 0 Å². The van der Waals surface area contributed by atoms with Crippen molar-refractivity contribution in [3.63, 3.8) is 0 Å². The number of hydrogen-bond donors (Lipinski definition) is 2. The quantitative estimate of drug-likeness (QED) is 0.165. The molecular weight excluding hydrogens is 612 g/mol. The Balaban J connectivity index is 0. The number of hydrogen-bond acceptors (Lipinski definition) is 8. The van der Waals surface area contributed by atoms with Crippen molar-refractivity contribution in [2.75, 3.05) is 25.0 Å². The number of rotatable bonds is 14. The SMILES string of the molecule is CCC(C)(C)C(=O)OCNS(=O)(=O)CC(F)(F)CC(F)(F)F.CCC(C)(C)C(=O)OCNS(=O)(=O)CC(F)(F)F. The molecule has 0 radical (unpaired) electrons. The van der Waals surface area contributed by atoms with Crippen molar-refractivity contribution in [2.45, 2.75) is 79.1 Å². The van der Waals surface area contributed by atoms with Crippen molar-refractivity contribution in [2.24, 2.45) is 10.8 Å². The zero-order valence-corrected chi connectivity index (χ0v) is 24.2. The smallest absolute Gasteiger partial charge is 0.404 e. The first kappa shape index (κ1) is 40.3. The van der Waals surface area contributed by atoms with Gasteiger partial charge in [-0.1, -0.05) is 13.8 Å². The molecule has 0 fully saturated rings. The fourth-order valence-electron chi connectivity index (χ4n) is 1.99. The van der Waals surface area contributed by atoms with Gasteiger partial charge in [-0.05, 0) is 40.5 Å². The van der Waals surface area contributed by atoms with E-state index in [0.29, 0.717) is 12.8 Å². The van der Waals surface area contributed by atoms with Crippen LogP contribution in [-0.4, -0.2) is 72.0 Å². The van der Waals surface area contributed by atoms with Gasteiger partial charge in [-0.2, -0.15) is 35.8 Å². The maximum absolute atomic E-state index is 13.0. The number of halogens is 8. The molecular formula is C20H34F8N2O8S2. The Morgan fingerprint density at radius 3 is 1.23 bits per heavy atom. The second-order valence-electron chi connectivity index (χ2n) is 9.70. The van der Waals surface area contributed by atoms with Gasteiger partial charge in [0.05, 0.1) is 10.8 Å². The lowest BCUT2D eigenvalue weighted by Gasteiger charge is -2.21. The zero-order valence-electron chi connectivity index (χ0n) is 22.6. The summed E-state index contributed by atoms with van der Waals surface area (Å²) < 4.78 is 154. The molecule has 0 rings (SSSR count). The van der Waals surface area contributed by atoms with E-state index < -0.39 is 92.5 Å². The molecule has 0 heterocycles. The van der Waals surface area contributed by atoms with E-state index in [0.717, 1.165) is 0 Å². The van der Waals surface area contributed by atoms with Crippen LogP contribution in [0.3, 0.4) is 0 Å². The van der Waals surface area contributed by atoms with E-state index >= 15 is 0 Å². The molecule has 0 aromatic rings. The number of nitrogens with one attached hydrogen (secondary N) is 2. The molecule has 0 aliphatic heterocycles. The van der Waals surface area contributed by atoms with Crippen LogP contribution in [0, 0.1) is 10.8 Å². The van der Waals surface area contributed by atoms with Crippen LogP contribution in [0.2, 0.25) is 0 Å². The fraction of sp³-hybridized carbons (Fsp3) is 0.900. The molecule has 2 N–H and O–H groups in total. The largest absolute Gasteiger partial charge is 0.448 e. The van der Waals surface area contributed by atoms with Crippen molar-refractivity contribution in [3.8, 4) is 0 Å². The van der Waals surface area contributed by atoms with Gasteiger partial charge >= 0.3 is 24.3 Å². The van der Waals surface area contributed by atoms with Gasteiger partial charge < -0.3 is 9.47 Å². The summed E-state index contributed by atoms with van der Waals surface area (Å²) in [5.74, 6) is -9.97. The Hall–Kier alpha value is -1.80. The van der Waals surface area contributed by atoms with Crippen molar-refractivity contribution >= 4 is 32.0 Å². The van der Waals surface area contributed by atoms with Crippen LogP contribution < -0.4 is 9.44 Å². The van der Waals surface area contributed by atoms with E-state index in [9.17, 15) is 61.5 Å². The van der Waals surface area contributed by atoms with Gasteiger partial charge in [0.15, 0.2) is 19.2 Å². The first-order valence-electron chi connectivity index (χ1n) is 11.3. The van der Waals surface area contributed by atoms with E-state index in [1.807, 2.05) is 0 Å². The van der Waals surface area contributed by atoms with E-state index in [1.165, 1.54) is 18.6 Å². The lowest BCUT2D eigenvalue weighted by molar-refractivity contribution is -0.181. The molecule has 0 aliphatic carbocycles. The van der Waals surface area contributed by atoms with Gasteiger partial charge in [0.25, 0.3) is 5.92 Å². The first-order valence-corrected chi connectivity index (χ1v) is 14.6. The summed E-state index contributed by atoms with van der Waals surface area (Å²) in [6.07, 6.45) is -11.7. The number of carbonyl (C=O) groups excluding carboxylic acids is 2. The highest BCUT2D eigenvalue weighted by atomic mass is 32.2. The topological polar surface area (TPSA) is 145 Å². The predicted octanol–water partition coefficient (Wildman–Crippen LogP) is 3.84. The van der Waals surface area contributed by atoms with E-state index in [4.69, 9.17) is 0 Å². The number of ether oxygens (including phenoxy) is 2. The number of alkyl halides is 8. The summed E-state index contributed by atoms with van der Waals surface area (Å²) in [6, 6.07) is 0. The van der Waals surface area contributed by atoms with Crippen LogP contribution in [0.25, 0.3) is 0 Å². The van der Waals surface area contributed by atoms with Gasteiger partial charge in [-0.3, -0.25) is 9.59 Å². The number of carbonyl (C=O) groups is 2. The van der Waals surface area contributed by atoms with Crippen LogP contribution in [-0.2, 0) is 39.1 Å². The summed E-state index contributed by atoms with van der Waals surface area (Å²) in [7, 11) is -9.28. The van der Waals surface area contributed by atoms with Gasteiger partial charge in [-0.15, -0.1) is 0 Å². The average molecular weight is 647 g/mol. The van der Waals surface area contributed by atoms with E-state index in [-0.39, 0.29) is 0 Å². The average Bonchev–Trinajstić information content (AvgIpc) is 2.69. The third-order valence-corrected chi connectivity index (χ3v) is 7.68. The maximum atomic E-state index is 13.0. The first-order chi connectivity index (χ1) is 17.5. The Bertz CT molecular complexity index is 1040. The Kier molecular flexibility index (Phi) is 15.0. The van der Waals surface area contributed by atoms with Crippen LogP contribution in [0.5, 0.6) is 0 Å². The highest BCUT2D eigenvalue weighted by molar-refractivity contribution is 7.89. The maximum Gasteiger partial charge on any atom is 0.404 e. The molecule has 10 nitrogen and oxygen atoms in total. The number of esters is 2. The molecule has 20 heteroatoms. The lowest BCUT2D eigenvalue weighted by Crippen LogP contribution is -2.40. The minimum absolute atomic E-state index is 0.391. The highest BCUT2D eigenvalue weighted by Crippen LogP contribution is 2.32.